The fourth-order valence-electron chi connectivity index (χ4n) is 2.95. The van der Waals surface area contributed by atoms with E-state index in [1.165, 1.54) is 32.1 Å². The molecule has 0 aromatic heterocycles. The zero-order chi connectivity index (χ0) is 11.0. The molecule has 0 aromatic carbocycles. The third kappa shape index (κ3) is 2.50. The van der Waals surface area contributed by atoms with Gasteiger partial charge in [-0.25, -0.2) is 0 Å². The standard InChI is InChI=1S/C13H27N/c1-6-7-11(2,3)10-12(4,5)13(14)8-9-13/h6-10,14H2,1-5H3. The van der Waals surface area contributed by atoms with Crippen LogP contribution in [0.1, 0.15) is 66.7 Å². The van der Waals surface area contributed by atoms with Crippen molar-refractivity contribution in [3.8, 4) is 0 Å². The van der Waals surface area contributed by atoms with Crippen molar-refractivity contribution in [1.29, 1.82) is 0 Å². The first-order chi connectivity index (χ1) is 6.22. The number of nitrogens with two attached hydrogens (primary N) is 1. The van der Waals surface area contributed by atoms with Gasteiger partial charge in [-0.15, -0.1) is 0 Å². The minimum atomic E-state index is 0.151. The maximum Gasteiger partial charge on any atom is 0.0207 e. The van der Waals surface area contributed by atoms with E-state index in [1.54, 1.807) is 0 Å². The Morgan fingerprint density at radius 3 is 2.00 bits per heavy atom. The molecule has 0 radical (unpaired) electrons. The van der Waals surface area contributed by atoms with Crippen LogP contribution in [0.4, 0.5) is 0 Å². The molecule has 0 saturated heterocycles. The van der Waals surface area contributed by atoms with E-state index in [2.05, 4.69) is 34.6 Å². The van der Waals surface area contributed by atoms with Crippen molar-refractivity contribution in [2.45, 2.75) is 72.3 Å². The van der Waals surface area contributed by atoms with Crippen molar-refractivity contribution in [3.05, 3.63) is 0 Å². The summed E-state index contributed by atoms with van der Waals surface area (Å²) in [7, 11) is 0. The second kappa shape index (κ2) is 3.52. The zero-order valence-electron chi connectivity index (χ0n) is 10.6. The van der Waals surface area contributed by atoms with Crippen LogP contribution in [-0.2, 0) is 0 Å². The topological polar surface area (TPSA) is 26.0 Å². The first kappa shape index (κ1) is 12.0. The van der Waals surface area contributed by atoms with Crippen molar-refractivity contribution in [1.82, 2.24) is 0 Å². The molecule has 1 heteroatoms. The summed E-state index contributed by atoms with van der Waals surface area (Å²) in [5, 5.41) is 0. The van der Waals surface area contributed by atoms with Gasteiger partial charge in [0.1, 0.15) is 0 Å². The summed E-state index contributed by atoms with van der Waals surface area (Å²) >= 11 is 0. The Hall–Kier alpha value is -0.0400. The van der Waals surface area contributed by atoms with E-state index in [1.807, 2.05) is 0 Å². The van der Waals surface area contributed by atoms with E-state index in [9.17, 15) is 0 Å². The highest BCUT2D eigenvalue weighted by atomic mass is 14.9. The van der Waals surface area contributed by atoms with Gasteiger partial charge >= 0.3 is 0 Å². The second-order valence-electron chi connectivity index (χ2n) is 6.63. The minimum Gasteiger partial charge on any atom is -0.325 e. The highest BCUT2D eigenvalue weighted by molar-refractivity contribution is 5.09. The molecule has 0 atom stereocenters. The Labute approximate surface area is 89.5 Å². The Balaban J connectivity index is 2.58. The second-order valence-corrected chi connectivity index (χ2v) is 6.63. The van der Waals surface area contributed by atoms with Gasteiger partial charge in [-0.2, -0.15) is 0 Å². The van der Waals surface area contributed by atoms with Crippen molar-refractivity contribution >= 4 is 0 Å². The number of hydrogen-bond donors (Lipinski definition) is 1. The van der Waals surface area contributed by atoms with Crippen LogP contribution in [0.25, 0.3) is 0 Å². The van der Waals surface area contributed by atoms with Crippen molar-refractivity contribution in [2.75, 3.05) is 0 Å². The molecule has 1 nitrogen and oxygen atoms in total. The Kier molecular flexibility index (Phi) is 3.02. The van der Waals surface area contributed by atoms with E-state index in [-0.39, 0.29) is 5.54 Å². The number of rotatable bonds is 5. The molecule has 84 valence electrons. The highest BCUT2D eigenvalue weighted by Crippen LogP contribution is 2.53. The van der Waals surface area contributed by atoms with Crippen LogP contribution in [0, 0.1) is 10.8 Å². The van der Waals surface area contributed by atoms with Gasteiger partial charge in [-0.1, -0.05) is 41.0 Å². The molecule has 14 heavy (non-hydrogen) atoms. The van der Waals surface area contributed by atoms with Gasteiger partial charge in [-0.3, -0.25) is 0 Å². The summed E-state index contributed by atoms with van der Waals surface area (Å²) in [5.74, 6) is 0. The van der Waals surface area contributed by atoms with Crippen molar-refractivity contribution in [3.63, 3.8) is 0 Å². The average Bonchev–Trinajstić information content (AvgIpc) is 2.66. The molecular weight excluding hydrogens is 170 g/mol. The molecule has 1 fully saturated rings. The quantitative estimate of drug-likeness (QED) is 0.714. The minimum absolute atomic E-state index is 0.151. The molecule has 0 unspecified atom stereocenters. The van der Waals surface area contributed by atoms with Crippen molar-refractivity contribution < 1.29 is 0 Å². The van der Waals surface area contributed by atoms with E-state index in [0.717, 1.165) is 0 Å². The van der Waals surface area contributed by atoms with Crippen LogP contribution in [0.2, 0.25) is 0 Å². The van der Waals surface area contributed by atoms with Gasteiger partial charge in [-0.05, 0) is 36.5 Å². The average molecular weight is 197 g/mol. The molecule has 0 amide bonds. The lowest BCUT2D eigenvalue weighted by Gasteiger charge is -2.39. The maximum atomic E-state index is 6.33. The van der Waals surface area contributed by atoms with E-state index in [0.29, 0.717) is 10.8 Å². The van der Waals surface area contributed by atoms with Gasteiger partial charge < -0.3 is 5.73 Å². The summed E-state index contributed by atoms with van der Waals surface area (Å²) in [6.07, 6.45) is 6.29. The lowest BCUT2D eigenvalue weighted by molar-refractivity contribution is 0.141. The summed E-state index contributed by atoms with van der Waals surface area (Å²) in [4.78, 5) is 0. The van der Waals surface area contributed by atoms with Crippen LogP contribution >= 0.6 is 0 Å². The SMILES string of the molecule is CCCC(C)(C)CC(C)(C)C1(N)CC1. The molecular formula is C13H27N. The number of hydrogen-bond acceptors (Lipinski definition) is 1. The van der Waals surface area contributed by atoms with E-state index >= 15 is 0 Å². The lowest BCUT2D eigenvalue weighted by Crippen LogP contribution is -2.42. The first-order valence-corrected chi connectivity index (χ1v) is 6.01. The summed E-state index contributed by atoms with van der Waals surface area (Å²) in [6, 6.07) is 0. The predicted molar refractivity (Wildman–Crippen MR) is 63.2 cm³/mol. The first-order valence-electron chi connectivity index (χ1n) is 6.01. The van der Waals surface area contributed by atoms with Gasteiger partial charge in [0.25, 0.3) is 0 Å². The largest absolute Gasteiger partial charge is 0.325 e. The Bertz CT molecular complexity index is 199. The van der Waals surface area contributed by atoms with Gasteiger partial charge in [0.2, 0.25) is 0 Å². The smallest absolute Gasteiger partial charge is 0.0207 e. The fourth-order valence-corrected chi connectivity index (χ4v) is 2.95. The third-order valence-electron chi connectivity index (χ3n) is 3.98. The molecule has 1 aliphatic rings. The highest BCUT2D eigenvalue weighted by Gasteiger charge is 2.52. The van der Waals surface area contributed by atoms with E-state index in [4.69, 9.17) is 5.73 Å². The molecule has 1 aliphatic carbocycles. The Morgan fingerprint density at radius 2 is 1.64 bits per heavy atom. The molecule has 1 rings (SSSR count). The molecule has 1 saturated carbocycles. The predicted octanol–water partition coefficient (Wildman–Crippen LogP) is 3.72. The van der Waals surface area contributed by atoms with Crippen LogP contribution < -0.4 is 5.73 Å². The van der Waals surface area contributed by atoms with Crippen molar-refractivity contribution in [2.24, 2.45) is 16.6 Å². The summed E-state index contributed by atoms with van der Waals surface area (Å²) < 4.78 is 0. The molecule has 0 heterocycles. The fraction of sp³-hybridized carbons (Fsp3) is 1.00. The Morgan fingerprint density at radius 1 is 1.14 bits per heavy atom. The van der Waals surface area contributed by atoms with E-state index < -0.39 is 0 Å². The lowest BCUT2D eigenvalue weighted by atomic mass is 9.68. The van der Waals surface area contributed by atoms with Crippen LogP contribution in [0.5, 0.6) is 0 Å². The van der Waals surface area contributed by atoms with Gasteiger partial charge in [0.05, 0.1) is 0 Å². The summed E-state index contributed by atoms with van der Waals surface area (Å²) in [5.41, 5.74) is 7.24. The van der Waals surface area contributed by atoms with Gasteiger partial charge in [0.15, 0.2) is 0 Å². The maximum absolute atomic E-state index is 6.33. The molecule has 0 bridgehead atoms. The monoisotopic (exact) mass is 197 g/mol. The van der Waals surface area contributed by atoms with Crippen LogP contribution in [-0.4, -0.2) is 5.54 Å². The zero-order valence-corrected chi connectivity index (χ0v) is 10.6. The summed E-state index contributed by atoms with van der Waals surface area (Å²) in [6.45, 7) is 11.7. The third-order valence-corrected chi connectivity index (χ3v) is 3.98. The normalized spacial score (nSPS) is 21.0. The molecule has 0 aliphatic heterocycles. The van der Waals surface area contributed by atoms with Gasteiger partial charge in [0, 0.05) is 5.54 Å². The van der Waals surface area contributed by atoms with Crippen LogP contribution in [0.3, 0.4) is 0 Å². The van der Waals surface area contributed by atoms with Crippen LogP contribution in [0.15, 0.2) is 0 Å². The molecule has 0 spiro atoms. The molecule has 0 aromatic rings. The molecule has 2 N–H and O–H groups in total.